The van der Waals surface area contributed by atoms with E-state index in [2.05, 4.69) is 14.7 Å². The maximum absolute atomic E-state index is 12.7. The van der Waals surface area contributed by atoms with E-state index in [0.29, 0.717) is 35.4 Å². The van der Waals surface area contributed by atoms with Gasteiger partial charge in [-0.3, -0.25) is 9.52 Å². The first-order valence-electron chi connectivity index (χ1n) is 10.1. The van der Waals surface area contributed by atoms with Crippen LogP contribution in [-0.2, 0) is 10.0 Å². The lowest BCUT2D eigenvalue weighted by Crippen LogP contribution is -2.30. The molecule has 0 fully saturated rings. The molecule has 0 radical (unpaired) electrons. The molecule has 170 valence electrons. The molecule has 1 heterocycles. The minimum atomic E-state index is -3.88. The molecule has 1 aromatic heterocycles. The molecule has 3 aromatic carbocycles. The summed E-state index contributed by atoms with van der Waals surface area (Å²) in [4.78, 5) is 30.7. The molecule has 10 heteroatoms. The number of nitrogens with one attached hydrogen (secondary N) is 3. The first-order chi connectivity index (χ1) is 15.8. The maximum Gasteiger partial charge on any atom is 0.323 e. The van der Waals surface area contributed by atoms with Crippen LogP contribution in [0.1, 0.15) is 10.4 Å². The number of nitrogens with zero attached hydrogens (tertiary/aromatic N) is 1. The van der Waals surface area contributed by atoms with E-state index in [9.17, 15) is 18.0 Å². The van der Waals surface area contributed by atoms with Crippen molar-refractivity contribution in [2.75, 3.05) is 24.9 Å². The molecule has 3 N–H and O–H groups in total. The van der Waals surface area contributed by atoms with Crippen LogP contribution in [0.15, 0.2) is 82.5 Å². The van der Waals surface area contributed by atoms with Crippen molar-refractivity contribution in [1.82, 2.24) is 14.9 Å². The topological polar surface area (TPSA) is 124 Å². The normalized spacial score (nSPS) is 11.3. The number of anilines is 1. The van der Waals surface area contributed by atoms with E-state index in [1.807, 2.05) is 30.3 Å². The largest absolute Gasteiger partial charge is 0.492 e. The molecule has 0 aliphatic rings. The van der Waals surface area contributed by atoms with Crippen LogP contribution in [0.3, 0.4) is 0 Å². The quantitative estimate of drug-likeness (QED) is 0.368. The Morgan fingerprint density at radius 3 is 2.39 bits per heavy atom. The average Bonchev–Trinajstić information content (AvgIpc) is 3.19. The number of aromatic amines is 2. The second-order valence-corrected chi connectivity index (χ2v) is 9.04. The minimum absolute atomic E-state index is 0.00329. The van der Waals surface area contributed by atoms with Gasteiger partial charge in [0.05, 0.1) is 22.5 Å². The highest BCUT2D eigenvalue weighted by molar-refractivity contribution is 7.92. The Morgan fingerprint density at radius 1 is 0.970 bits per heavy atom. The fourth-order valence-corrected chi connectivity index (χ4v) is 4.30. The van der Waals surface area contributed by atoms with Crippen molar-refractivity contribution in [3.8, 4) is 5.75 Å². The summed E-state index contributed by atoms with van der Waals surface area (Å²) in [5.41, 5.74) is 1.23. The number of fused-ring (bicyclic) bond motifs is 1. The van der Waals surface area contributed by atoms with Crippen LogP contribution in [0, 0.1) is 0 Å². The van der Waals surface area contributed by atoms with E-state index in [-0.39, 0.29) is 10.8 Å². The van der Waals surface area contributed by atoms with Gasteiger partial charge in [0.2, 0.25) is 0 Å². The van der Waals surface area contributed by atoms with Gasteiger partial charge in [0.25, 0.3) is 15.9 Å². The first-order valence-corrected chi connectivity index (χ1v) is 11.6. The molecular weight excluding hydrogens is 444 g/mol. The summed E-state index contributed by atoms with van der Waals surface area (Å²) in [6.45, 7) is 0.743. The third-order valence-electron chi connectivity index (χ3n) is 4.97. The van der Waals surface area contributed by atoms with E-state index in [4.69, 9.17) is 4.74 Å². The number of rotatable bonds is 8. The van der Waals surface area contributed by atoms with Gasteiger partial charge in [-0.1, -0.05) is 18.2 Å². The molecule has 4 aromatic rings. The summed E-state index contributed by atoms with van der Waals surface area (Å²) in [5.74, 6) is 0.528. The molecule has 4 rings (SSSR count). The highest BCUT2D eigenvalue weighted by atomic mass is 32.2. The first kappa shape index (κ1) is 22.2. The van der Waals surface area contributed by atoms with Crippen LogP contribution >= 0.6 is 0 Å². The number of benzene rings is 3. The van der Waals surface area contributed by atoms with Gasteiger partial charge >= 0.3 is 5.69 Å². The van der Waals surface area contributed by atoms with Gasteiger partial charge in [0.1, 0.15) is 12.4 Å². The number of para-hydroxylation sites is 1. The maximum atomic E-state index is 12.7. The van der Waals surface area contributed by atoms with E-state index < -0.39 is 15.7 Å². The van der Waals surface area contributed by atoms with Crippen LogP contribution in [0.4, 0.5) is 5.69 Å². The Kier molecular flexibility index (Phi) is 6.18. The second kappa shape index (κ2) is 9.21. The number of hydrogen-bond donors (Lipinski definition) is 3. The van der Waals surface area contributed by atoms with Crippen molar-refractivity contribution in [3.05, 3.63) is 88.8 Å². The zero-order chi connectivity index (χ0) is 23.4. The highest BCUT2D eigenvalue weighted by Crippen LogP contribution is 2.20. The van der Waals surface area contributed by atoms with E-state index in [1.54, 1.807) is 19.2 Å². The zero-order valence-electron chi connectivity index (χ0n) is 17.7. The summed E-state index contributed by atoms with van der Waals surface area (Å²) >= 11 is 0. The van der Waals surface area contributed by atoms with Gasteiger partial charge < -0.3 is 19.6 Å². The fourth-order valence-electron chi connectivity index (χ4n) is 3.21. The lowest BCUT2D eigenvalue weighted by Gasteiger charge is -2.18. The van der Waals surface area contributed by atoms with Gasteiger partial charge in [-0.25, -0.2) is 13.2 Å². The van der Waals surface area contributed by atoms with Gasteiger partial charge in [0.15, 0.2) is 0 Å². The van der Waals surface area contributed by atoms with E-state index >= 15 is 0 Å². The number of carbonyl (C=O) groups is 1. The SMILES string of the molecule is CN(CCOc1ccccc1)C(=O)c1ccc(NS(=O)(=O)c2ccc3[nH]c(=O)[nH]c3c2)cc1. The van der Waals surface area contributed by atoms with Gasteiger partial charge in [-0.15, -0.1) is 0 Å². The third-order valence-corrected chi connectivity index (χ3v) is 6.35. The van der Waals surface area contributed by atoms with Crippen LogP contribution in [0.25, 0.3) is 11.0 Å². The van der Waals surface area contributed by atoms with Crippen LogP contribution in [0.5, 0.6) is 5.75 Å². The predicted molar refractivity (Wildman–Crippen MR) is 125 cm³/mol. The summed E-state index contributed by atoms with van der Waals surface area (Å²) in [6.07, 6.45) is 0. The number of H-pyrrole nitrogens is 2. The molecule has 0 spiro atoms. The average molecular weight is 467 g/mol. The molecule has 0 bridgehead atoms. The van der Waals surface area contributed by atoms with Crippen LogP contribution in [-0.4, -0.2) is 49.4 Å². The monoisotopic (exact) mass is 466 g/mol. The van der Waals surface area contributed by atoms with Gasteiger partial charge in [-0.05, 0) is 54.6 Å². The molecule has 0 aliphatic carbocycles. The van der Waals surface area contributed by atoms with Crippen molar-refractivity contribution in [1.29, 1.82) is 0 Å². The number of aromatic nitrogens is 2. The smallest absolute Gasteiger partial charge is 0.323 e. The Labute approximate surface area is 190 Å². The predicted octanol–water partition coefficient (Wildman–Crippen LogP) is 2.81. The van der Waals surface area contributed by atoms with Crippen molar-refractivity contribution < 1.29 is 17.9 Å². The van der Waals surface area contributed by atoms with Crippen molar-refractivity contribution in [2.24, 2.45) is 0 Å². The molecule has 0 saturated carbocycles. The number of imidazole rings is 1. The molecular formula is C23H22N4O5S. The zero-order valence-corrected chi connectivity index (χ0v) is 18.6. The van der Waals surface area contributed by atoms with E-state index in [0.717, 1.165) is 5.75 Å². The van der Waals surface area contributed by atoms with Crippen molar-refractivity contribution >= 4 is 32.7 Å². The molecule has 1 amide bonds. The lowest BCUT2D eigenvalue weighted by atomic mass is 10.2. The number of sulfonamides is 1. The lowest BCUT2D eigenvalue weighted by molar-refractivity contribution is 0.0774. The van der Waals surface area contributed by atoms with Crippen molar-refractivity contribution in [3.63, 3.8) is 0 Å². The van der Waals surface area contributed by atoms with Crippen molar-refractivity contribution in [2.45, 2.75) is 4.90 Å². The highest BCUT2D eigenvalue weighted by Gasteiger charge is 2.17. The summed E-state index contributed by atoms with van der Waals surface area (Å²) in [7, 11) is -2.21. The number of ether oxygens (including phenoxy) is 1. The summed E-state index contributed by atoms with van der Waals surface area (Å²) < 4.78 is 33.5. The molecule has 9 nitrogen and oxygen atoms in total. The molecule has 0 unspecified atom stereocenters. The Morgan fingerprint density at radius 2 is 1.67 bits per heavy atom. The molecule has 0 aliphatic heterocycles. The number of likely N-dealkylation sites (N-methyl/N-ethyl adjacent to an activating group) is 1. The standard InChI is InChI=1S/C23H22N4O5S/c1-27(13-14-32-18-5-3-2-4-6-18)22(28)16-7-9-17(10-8-16)26-33(30,31)19-11-12-20-21(15-19)25-23(29)24-20/h2-12,15,26H,13-14H2,1H3,(H2,24,25,29). The Balaban J connectivity index is 1.38. The van der Waals surface area contributed by atoms with Gasteiger partial charge in [-0.2, -0.15) is 0 Å². The summed E-state index contributed by atoms with van der Waals surface area (Å²) in [6, 6.07) is 19.8. The Bertz CT molecular complexity index is 1430. The molecule has 0 saturated heterocycles. The van der Waals surface area contributed by atoms with Crippen LogP contribution in [0.2, 0.25) is 0 Å². The number of carbonyl (C=O) groups excluding carboxylic acids is 1. The van der Waals surface area contributed by atoms with E-state index in [1.165, 1.54) is 35.2 Å². The van der Waals surface area contributed by atoms with Gasteiger partial charge in [0, 0.05) is 18.3 Å². The summed E-state index contributed by atoms with van der Waals surface area (Å²) in [5, 5.41) is 0. The Hall–Kier alpha value is -4.05. The minimum Gasteiger partial charge on any atom is -0.492 e. The van der Waals surface area contributed by atoms with Crippen LogP contribution < -0.4 is 15.1 Å². The molecule has 33 heavy (non-hydrogen) atoms. The number of hydrogen-bond acceptors (Lipinski definition) is 5. The second-order valence-electron chi connectivity index (χ2n) is 7.36. The number of amides is 1. The molecule has 0 atom stereocenters. The fraction of sp³-hybridized carbons (Fsp3) is 0.130. The third kappa shape index (κ3) is 5.24.